The van der Waals surface area contributed by atoms with Gasteiger partial charge in [-0.25, -0.2) is 0 Å². The Hall–Kier alpha value is -2.82. The van der Waals surface area contributed by atoms with Crippen LogP contribution in [0.25, 0.3) is 6.08 Å². The smallest absolute Gasteiger partial charge is 0.254 e. The van der Waals surface area contributed by atoms with E-state index in [2.05, 4.69) is 30.6 Å². The summed E-state index contributed by atoms with van der Waals surface area (Å²) in [6.45, 7) is 12.6. The summed E-state index contributed by atoms with van der Waals surface area (Å²) in [5, 5.41) is 7.08. The molecule has 1 aromatic heterocycles. The lowest BCUT2D eigenvalue weighted by Gasteiger charge is -2.21. The molecule has 1 saturated heterocycles. The SMILES string of the molecule is C=C/C(=C\c1c(C)n[nH]c1C)C(=O)N1CCCC1C.COc1ccc(C)cc1. The summed E-state index contributed by atoms with van der Waals surface area (Å²) in [6.07, 6.45) is 5.69. The second kappa shape index (κ2) is 9.93. The van der Waals surface area contributed by atoms with Crippen molar-refractivity contribution >= 4 is 12.0 Å². The van der Waals surface area contributed by atoms with Gasteiger partial charge in [0.15, 0.2) is 0 Å². The van der Waals surface area contributed by atoms with Crippen LogP contribution in [0.15, 0.2) is 42.5 Å². The van der Waals surface area contributed by atoms with Crippen molar-refractivity contribution in [3.8, 4) is 5.75 Å². The van der Waals surface area contributed by atoms with Gasteiger partial charge in [0, 0.05) is 29.4 Å². The van der Waals surface area contributed by atoms with Crippen molar-refractivity contribution in [1.82, 2.24) is 15.1 Å². The molecular formula is C23H31N3O2. The zero-order chi connectivity index (χ0) is 20.7. The number of methoxy groups -OCH3 is 1. The van der Waals surface area contributed by atoms with E-state index in [1.165, 1.54) is 5.56 Å². The number of ether oxygens (including phenoxy) is 1. The average Bonchev–Trinajstić information content (AvgIpc) is 3.26. The second-order valence-corrected chi connectivity index (χ2v) is 7.16. The number of aryl methyl sites for hydroxylation is 3. The van der Waals surface area contributed by atoms with Gasteiger partial charge in [-0.2, -0.15) is 5.10 Å². The minimum atomic E-state index is 0.0694. The Morgan fingerprint density at radius 2 is 1.96 bits per heavy atom. The van der Waals surface area contributed by atoms with Crippen molar-refractivity contribution in [2.45, 2.75) is 46.6 Å². The summed E-state index contributed by atoms with van der Waals surface area (Å²) in [5.41, 5.74) is 4.76. The number of H-pyrrole nitrogens is 1. The summed E-state index contributed by atoms with van der Waals surface area (Å²) in [6, 6.07) is 8.28. The van der Waals surface area contributed by atoms with E-state index in [4.69, 9.17) is 4.74 Å². The third kappa shape index (κ3) is 5.35. The minimum absolute atomic E-state index is 0.0694. The molecule has 2 aromatic rings. The second-order valence-electron chi connectivity index (χ2n) is 7.16. The molecule has 1 atom stereocenters. The summed E-state index contributed by atoms with van der Waals surface area (Å²) >= 11 is 0. The molecule has 150 valence electrons. The first-order chi connectivity index (χ1) is 13.4. The molecule has 3 rings (SSSR count). The molecule has 5 heteroatoms. The molecule has 5 nitrogen and oxygen atoms in total. The predicted octanol–water partition coefficient (Wildman–Crippen LogP) is 4.61. The van der Waals surface area contributed by atoms with Crippen molar-refractivity contribution in [2.75, 3.05) is 13.7 Å². The van der Waals surface area contributed by atoms with Gasteiger partial charge in [-0.05, 0) is 58.7 Å². The van der Waals surface area contributed by atoms with Crippen LogP contribution in [0.1, 0.15) is 42.3 Å². The molecule has 1 N–H and O–H groups in total. The molecule has 2 heterocycles. The molecule has 1 fully saturated rings. The maximum atomic E-state index is 12.5. The number of nitrogens with one attached hydrogen (secondary N) is 1. The number of hydrogen-bond donors (Lipinski definition) is 1. The van der Waals surface area contributed by atoms with Crippen molar-refractivity contribution in [3.63, 3.8) is 0 Å². The first kappa shape index (κ1) is 21.5. The number of rotatable bonds is 4. The molecule has 0 saturated carbocycles. The summed E-state index contributed by atoms with van der Waals surface area (Å²) < 4.78 is 4.97. The molecule has 1 unspecified atom stereocenters. The van der Waals surface area contributed by atoms with Crippen LogP contribution in [0.5, 0.6) is 5.75 Å². The monoisotopic (exact) mass is 381 g/mol. The molecule has 1 aliphatic rings. The highest BCUT2D eigenvalue weighted by atomic mass is 16.5. The zero-order valence-electron chi connectivity index (χ0n) is 17.6. The Bertz CT molecular complexity index is 815. The number of hydrogen-bond acceptors (Lipinski definition) is 3. The van der Waals surface area contributed by atoms with Gasteiger partial charge in [-0.1, -0.05) is 30.4 Å². The van der Waals surface area contributed by atoms with Crippen LogP contribution in [-0.4, -0.2) is 40.7 Å². The Morgan fingerprint density at radius 3 is 2.43 bits per heavy atom. The number of aromatic amines is 1. The van der Waals surface area contributed by atoms with E-state index in [-0.39, 0.29) is 5.91 Å². The Morgan fingerprint density at radius 1 is 1.29 bits per heavy atom. The standard InChI is InChI=1S/C15H21N3O.C8H10O/c1-5-13(9-14-11(3)16-17-12(14)4)15(19)18-8-6-7-10(18)2;1-7-3-5-8(9-2)6-4-7/h5,9-10H,1,6-8H2,2-4H3,(H,16,17);3-6H,1-2H3/b13-9+;. The number of carbonyl (C=O) groups excluding carboxylic acids is 1. The summed E-state index contributed by atoms with van der Waals surface area (Å²) in [4.78, 5) is 14.4. The fraction of sp³-hybridized carbons (Fsp3) is 0.391. The summed E-state index contributed by atoms with van der Waals surface area (Å²) in [5.74, 6) is 0.987. The lowest BCUT2D eigenvalue weighted by atomic mass is 10.1. The Kier molecular flexibility index (Phi) is 7.61. The number of likely N-dealkylation sites (tertiary alicyclic amines) is 1. The van der Waals surface area contributed by atoms with Gasteiger partial charge in [-0.3, -0.25) is 9.89 Å². The third-order valence-electron chi connectivity index (χ3n) is 5.02. The van der Waals surface area contributed by atoms with Crippen molar-refractivity contribution in [2.24, 2.45) is 0 Å². The molecule has 0 aliphatic carbocycles. The van der Waals surface area contributed by atoms with Gasteiger partial charge in [0.25, 0.3) is 5.91 Å². The van der Waals surface area contributed by atoms with Crippen LogP contribution in [0, 0.1) is 20.8 Å². The van der Waals surface area contributed by atoms with E-state index in [0.717, 1.165) is 42.1 Å². The highest BCUT2D eigenvalue weighted by molar-refractivity contribution is 6.01. The number of benzene rings is 1. The number of aromatic nitrogens is 2. The lowest BCUT2D eigenvalue weighted by molar-refractivity contribution is -0.127. The van der Waals surface area contributed by atoms with Crippen LogP contribution in [0.3, 0.4) is 0 Å². The van der Waals surface area contributed by atoms with Crippen molar-refractivity contribution in [3.05, 3.63) is 65.0 Å². The van der Waals surface area contributed by atoms with Gasteiger partial charge in [0.1, 0.15) is 5.75 Å². The predicted molar refractivity (Wildman–Crippen MR) is 114 cm³/mol. The lowest BCUT2D eigenvalue weighted by Crippen LogP contribution is -2.34. The Labute approximate surface area is 168 Å². The van der Waals surface area contributed by atoms with Crippen LogP contribution in [0.4, 0.5) is 0 Å². The van der Waals surface area contributed by atoms with Gasteiger partial charge in [-0.15, -0.1) is 0 Å². The molecule has 1 aromatic carbocycles. The maximum Gasteiger partial charge on any atom is 0.254 e. The molecule has 0 bridgehead atoms. The van der Waals surface area contributed by atoms with Gasteiger partial charge >= 0.3 is 0 Å². The van der Waals surface area contributed by atoms with Crippen LogP contribution in [-0.2, 0) is 4.79 Å². The molecule has 0 spiro atoms. The van der Waals surface area contributed by atoms with Gasteiger partial charge in [0.2, 0.25) is 0 Å². The highest BCUT2D eigenvalue weighted by Crippen LogP contribution is 2.22. The normalized spacial score (nSPS) is 16.4. The topological polar surface area (TPSA) is 58.2 Å². The van der Waals surface area contributed by atoms with E-state index in [1.54, 1.807) is 13.2 Å². The zero-order valence-corrected chi connectivity index (χ0v) is 17.6. The Balaban J connectivity index is 0.000000261. The molecule has 1 amide bonds. The largest absolute Gasteiger partial charge is 0.497 e. The highest BCUT2D eigenvalue weighted by Gasteiger charge is 2.26. The van der Waals surface area contributed by atoms with E-state index in [0.29, 0.717) is 11.6 Å². The molecule has 0 radical (unpaired) electrons. The van der Waals surface area contributed by atoms with Crippen LogP contribution in [0.2, 0.25) is 0 Å². The van der Waals surface area contributed by atoms with E-state index in [9.17, 15) is 4.79 Å². The van der Waals surface area contributed by atoms with Gasteiger partial charge in [0.05, 0.1) is 12.8 Å². The maximum absolute atomic E-state index is 12.5. The molecule has 1 aliphatic heterocycles. The molecular weight excluding hydrogens is 350 g/mol. The molecule has 28 heavy (non-hydrogen) atoms. The average molecular weight is 382 g/mol. The number of carbonyl (C=O) groups is 1. The van der Waals surface area contributed by atoms with Crippen molar-refractivity contribution < 1.29 is 9.53 Å². The minimum Gasteiger partial charge on any atom is -0.497 e. The summed E-state index contributed by atoms with van der Waals surface area (Å²) in [7, 11) is 1.67. The van der Waals surface area contributed by atoms with E-state index >= 15 is 0 Å². The fourth-order valence-electron chi connectivity index (χ4n) is 3.21. The van der Waals surface area contributed by atoms with Crippen molar-refractivity contribution in [1.29, 1.82) is 0 Å². The quantitative estimate of drug-likeness (QED) is 0.621. The van der Waals surface area contributed by atoms with E-state index < -0.39 is 0 Å². The third-order valence-corrected chi connectivity index (χ3v) is 5.02. The first-order valence-corrected chi connectivity index (χ1v) is 9.64. The fourth-order valence-corrected chi connectivity index (χ4v) is 3.21. The number of nitrogens with zero attached hydrogens (tertiary/aromatic N) is 2. The van der Waals surface area contributed by atoms with Gasteiger partial charge < -0.3 is 9.64 Å². The van der Waals surface area contributed by atoms with E-state index in [1.807, 2.05) is 49.1 Å². The first-order valence-electron chi connectivity index (χ1n) is 9.64. The number of amides is 1. The van der Waals surface area contributed by atoms with Crippen LogP contribution >= 0.6 is 0 Å². The van der Waals surface area contributed by atoms with Crippen LogP contribution < -0.4 is 4.74 Å².